The number of allylic oxidation sites excluding steroid dienone is 1. The summed E-state index contributed by atoms with van der Waals surface area (Å²) >= 11 is 5.75. The number of nitrogens with one attached hydrogen (secondary N) is 1. The van der Waals surface area contributed by atoms with Gasteiger partial charge in [0, 0.05) is 17.8 Å². The van der Waals surface area contributed by atoms with Gasteiger partial charge in [-0.1, -0.05) is 49.3 Å². The van der Waals surface area contributed by atoms with Crippen molar-refractivity contribution in [2.45, 2.75) is 40.2 Å². The molecule has 1 atom stereocenters. The molecule has 0 bridgehead atoms. The van der Waals surface area contributed by atoms with Crippen LogP contribution in [0.15, 0.2) is 64.8 Å². The summed E-state index contributed by atoms with van der Waals surface area (Å²) in [5.41, 5.74) is 3.95. The number of ether oxygens (including phenoxy) is 1. The zero-order valence-corrected chi connectivity index (χ0v) is 20.4. The molecule has 0 fully saturated rings. The van der Waals surface area contributed by atoms with E-state index in [0.717, 1.165) is 46.2 Å². The topological polar surface area (TPSA) is 63.4 Å². The third-order valence-electron chi connectivity index (χ3n) is 5.74. The number of hydrogen-bond donors (Lipinski definition) is 1. The van der Waals surface area contributed by atoms with Crippen molar-refractivity contribution < 1.29 is 9.26 Å². The van der Waals surface area contributed by atoms with Gasteiger partial charge in [-0.25, -0.2) is 0 Å². The average Bonchev–Trinajstić information content (AvgIpc) is 3.29. The van der Waals surface area contributed by atoms with Gasteiger partial charge in [0.2, 0.25) is 5.82 Å². The molecule has 1 aromatic heterocycles. The summed E-state index contributed by atoms with van der Waals surface area (Å²) < 4.78 is 11.3. The smallest absolute Gasteiger partial charge is 0.258 e. The van der Waals surface area contributed by atoms with Crippen LogP contribution < -0.4 is 10.1 Å². The third-order valence-corrected chi connectivity index (χ3v) is 6.08. The molecule has 0 radical (unpaired) electrons. The Balaban J connectivity index is 1.73. The Morgan fingerprint density at radius 2 is 1.85 bits per heavy atom. The largest absolute Gasteiger partial charge is 0.494 e. The highest BCUT2D eigenvalue weighted by Gasteiger charge is 2.33. The van der Waals surface area contributed by atoms with Crippen molar-refractivity contribution in [1.29, 1.82) is 0 Å². The van der Waals surface area contributed by atoms with Crippen LogP contribution in [0.3, 0.4) is 0 Å². The molecule has 0 saturated carbocycles. The quantitative estimate of drug-likeness (QED) is 0.422. The second-order valence-corrected chi connectivity index (χ2v) is 8.89. The molecule has 1 aliphatic rings. The van der Waals surface area contributed by atoms with Crippen molar-refractivity contribution in [3.8, 4) is 17.1 Å². The molecule has 2 aromatic carbocycles. The van der Waals surface area contributed by atoms with Crippen LogP contribution in [0.4, 0.5) is 0 Å². The lowest BCUT2D eigenvalue weighted by Crippen LogP contribution is -2.46. The van der Waals surface area contributed by atoms with Crippen LogP contribution in [0.2, 0.25) is 0 Å². The molecule has 0 spiro atoms. The fraction of sp³-hybridized carbons (Fsp3) is 0.346. The summed E-state index contributed by atoms with van der Waals surface area (Å²) in [7, 11) is 0. The molecule has 33 heavy (non-hydrogen) atoms. The summed E-state index contributed by atoms with van der Waals surface area (Å²) in [6, 6.07) is 17.8. The van der Waals surface area contributed by atoms with Gasteiger partial charge in [0.25, 0.3) is 5.89 Å². The minimum Gasteiger partial charge on any atom is -0.494 e. The van der Waals surface area contributed by atoms with Crippen LogP contribution in [0.1, 0.15) is 51.6 Å². The Hall–Kier alpha value is -3.19. The monoisotopic (exact) mass is 462 g/mol. The zero-order valence-electron chi connectivity index (χ0n) is 19.5. The maximum absolute atomic E-state index is 5.81. The predicted molar refractivity (Wildman–Crippen MR) is 135 cm³/mol. The SMILES string of the molecule is CCOc1ccc(-c2noc(C3=C(C)N(CCC(C)C)C(=S)NC3c3ccccc3)n2)cc1. The summed E-state index contributed by atoms with van der Waals surface area (Å²) in [6.45, 7) is 9.94. The van der Waals surface area contributed by atoms with Crippen molar-refractivity contribution in [1.82, 2.24) is 20.4 Å². The summed E-state index contributed by atoms with van der Waals surface area (Å²) in [6.07, 6.45) is 1.03. The van der Waals surface area contributed by atoms with Gasteiger partial charge in [0.15, 0.2) is 5.11 Å². The molecule has 4 rings (SSSR count). The Bertz CT molecular complexity index is 1120. The minimum absolute atomic E-state index is 0.164. The summed E-state index contributed by atoms with van der Waals surface area (Å²) in [5.74, 6) is 2.43. The number of thiocarbonyl (C=S) groups is 1. The van der Waals surface area contributed by atoms with E-state index in [-0.39, 0.29) is 6.04 Å². The molecule has 0 amide bonds. The lowest BCUT2D eigenvalue weighted by Gasteiger charge is -2.37. The normalized spacial score (nSPS) is 16.3. The maximum Gasteiger partial charge on any atom is 0.258 e. The van der Waals surface area contributed by atoms with Gasteiger partial charge < -0.3 is 19.5 Å². The molecular weight excluding hydrogens is 432 g/mol. The van der Waals surface area contributed by atoms with Gasteiger partial charge >= 0.3 is 0 Å². The number of benzene rings is 2. The van der Waals surface area contributed by atoms with Crippen molar-refractivity contribution >= 4 is 22.9 Å². The van der Waals surface area contributed by atoms with Crippen molar-refractivity contribution in [2.24, 2.45) is 5.92 Å². The first-order valence-corrected chi connectivity index (χ1v) is 11.8. The standard InChI is InChI=1S/C26H30N4O2S/c1-5-31-21-13-11-20(12-14-21)24-28-25(32-29-24)22-18(4)30(16-15-17(2)3)26(33)27-23(22)19-9-7-6-8-10-19/h6-14,17,23H,5,15-16H2,1-4H3,(H,27,33). The van der Waals surface area contributed by atoms with Gasteiger partial charge in [-0.3, -0.25) is 0 Å². The van der Waals surface area contributed by atoms with E-state index in [0.29, 0.717) is 24.2 Å². The molecule has 1 unspecified atom stereocenters. The summed E-state index contributed by atoms with van der Waals surface area (Å²) in [4.78, 5) is 6.92. The Morgan fingerprint density at radius 1 is 1.12 bits per heavy atom. The van der Waals surface area contributed by atoms with E-state index in [1.54, 1.807) is 0 Å². The first-order chi connectivity index (χ1) is 16.0. The van der Waals surface area contributed by atoms with Gasteiger partial charge in [0.05, 0.1) is 18.2 Å². The molecule has 1 N–H and O–H groups in total. The molecule has 7 heteroatoms. The fourth-order valence-electron chi connectivity index (χ4n) is 3.93. The predicted octanol–water partition coefficient (Wildman–Crippen LogP) is 5.84. The number of hydrogen-bond acceptors (Lipinski definition) is 5. The Morgan fingerprint density at radius 3 is 2.52 bits per heavy atom. The van der Waals surface area contributed by atoms with E-state index >= 15 is 0 Å². The fourth-order valence-corrected chi connectivity index (χ4v) is 4.27. The van der Waals surface area contributed by atoms with Crippen LogP contribution in [-0.4, -0.2) is 33.3 Å². The molecule has 3 aromatic rings. The minimum atomic E-state index is -0.164. The van der Waals surface area contributed by atoms with E-state index in [2.05, 4.69) is 48.3 Å². The van der Waals surface area contributed by atoms with E-state index in [9.17, 15) is 0 Å². The van der Waals surface area contributed by atoms with Crippen LogP contribution >= 0.6 is 12.2 Å². The Kier molecular flexibility index (Phi) is 7.08. The average molecular weight is 463 g/mol. The molecule has 2 heterocycles. The molecule has 1 aliphatic heterocycles. The van der Waals surface area contributed by atoms with Crippen LogP contribution in [0.25, 0.3) is 17.0 Å². The second kappa shape index (κ2) is 10.2. The van der Waals surface area contributed by atoms with Crippen molar-refractivity contribution in [3.05, 3.63) is 71.7 Å². The summed E-state index contributed by atoms with van der Waals surface area (Å²) in [5, 5.41) is 8.51. The number of rotatable bonds is 8. The highest BCUT2D eigenvalue weighted by atomic mass is 32.1. The third kappa shape index (κ3) is 5.09. The molecule has 6 nitrogen and oxygen atoms in total. The highest BCUT2D eigenvalue weighted by molar-refractivity contribution is 7.80. The number of nitrogens with zero attached hydrogens (tertiary/aromatic N) is 3. The molecule has 0 saturated heterocycles. The molecule has 0 aliphatic carbocycles. The van der Waals surface area contributed by atoms with Crippen molar-refractivity contribution in [3.63, 3.8) is 0 Å². The van der Waals surface area contributed by atoms with Crippen LogP contribution in [0, 0.1) is 5.92 Å². The molecule has 172 valence electrons. The molecular formula is C26H30N4O2S. The van der Waals surface area contributed by atoms with E-state index < -0.39 is 0 Å². The van der Waals surface area contributed by atoms with E-state index in [1.165, 1.54) is 0 Å². The first kappa shape index (κ1) is 23.0. The zero-order chi connectivity index (χ0) is 23.4. The van der Waals surface area contributed by atoms with Gasteiger partial charge in [-0.05, 0) is 68.2 Å². The maximum atomic E-state index is 5.81. The first-order valence-electron chi connectivity index (χ1n) is 11.4. The van der Waals surface area contributed by atoms with E-state index in [1.807, 2.05) is 49.4 Å². The van der Waals surface area contributed by atoms with Crippen LogP contribution in [-0.2, 0) is 0 Å². The second-order valence-electron chi connectivity index (χ2n) is 8.51. The van der Waals surface area contributed by atoms with Crippen LogP contribution in [0.5, 0.6) is 5.75 Å². The van der Waals surface area contributed by atoms with Gasteiger partial charge in [-0.2, -0.15) is 4.98 Å². The van der Waals surface area contributed by atoms with Gasteiger partial charge in [0.1, 0.15) is 5.75 Å². The lowest BCUT2D eigenvalue weighted by molar-refractivity contribution is 0.340. The van der Waals surface area contributed by atoms with Gasteiger partial charge in [-0.15, -0.1) is 0 Å². The Labute approximate surface area is 200 Å². The van der Waals surface area contributed by atoms with E-state index in [4.69, 9.17) is 26.5 Å². The number of aromatic nitrogens is 2. The van der Waals surface area contributed by atoms with Crippen molar-refractivity contribution in [2.75, 3.05) is 13.2 Å². The highest BCUT2D eigenvalue weighted by Crippen LogP contribution is 2.37. The lowest BCUT2D eigenvalue weighted by atomic mass is 9.94.